The quantitative estimate of drug-likeness (QED) is 0.137. The van der Waals surface area contributed by atoms with Crippen LogP contribution in [0.25, 0.3) is 0 Å². The van der Waals surface area contributed by atoms with Gasteiger partial charge in [-0.3, -0.25) is 9.59 Å². The number of carbonyl (C=O) groups is 3. The number of carbonyl (C=O) groups excluding carboxylic acids is 2. The Morgan fingerprint density at radius 2 is 0.982 bits per heavy atom. The summed E-state index contributed by atoms with van der Waals surface area (Å²) in [6.07, 6.45) is 5.03. The molecule has 0 aromatic heterocycles. The smallest absolute Gasteiger partial charge is 1.00 e. The van der Waals surface area contributed by atoms with Crippen LogP contribution in [0.5, 0.6) is 0 Å². The zero-order valence-electron chi connectivity index (χ0n) is 33.2. The number of aromatic carboxylic acids is 1. The molecule has 11 nitrogen and oxygen atoms in total. The number of rotatable bonds is 7. The molecule has 9 N–H and O–H groups in total. The summed E-state index contributed by atoms with van der Waals surface area (Å²) in [5.74, 6) is 0.389. The molecule has 0 saturated heterocycles. The van der Waals surface area contributed by atoms with Gasteiger partial charge in [-0.1, -0.05) is 12.1 Å². The van der Waals surface area contributed by atoms with Crippen molar-refractivity contribution >= 4 is 89.8 Å². The first-order valence-electron chi connectivity index (χ1n) is 17.1. The monoisotopic (exact) mass is 889 g/mol. The van der Waals surface area contributed by atoms with Gasteiger partial charge in [-0.05, 0) is 161 Å². The molecule has 2 aliphatic rings. The van der Waals surface area contributed by atoms with Crippen molar-refractivity contribution in [2.45, 2.75) is 44.1 Å². The van der Waals surface area contributed by atoms with Crippen molar-refractivity contribution in [3.05, 3.63) is 115 Å². The summed E-state index contributed by atoms with van der Waals surface area (Å²) < 4.78 is 1.36. The van der Waals surface area contributed by atoms with Crippen molar-refractivity contribution in [3.8, 4) is 0 Å². The number of anilines is 4. The van der Waals surface area contributed by atoms with Gasteiger partial charge >= 0.3 is 24.8 Å². The van der Waals surface area contributed by atoms with Gasteiger partial charge in [0.05, 0.1) is 5.56 Å². The molecule has 55 heavy (non-hydrogen) atoms. The van der Waals surface area contributed by atoms with E-state index in [-0.39, 0.29) is 55.0 Å². The van der Waals surface area contributed by atoms with Gasteiger partial charge in [-0.2, -0.15) is 0 Å². The first-order chi connectivity index (χ1) is 24.9. The van der Waals surface area contributed by atoms with E-state index in [4.69, 9.17) is 28.0 Å². The molecular weight excluding hydrogens is 836 g/mol. The van der Waals surface area contributed by atoms with E-state index in [0.29, 0.717) is 27.3 Å². The number of hydrogen-bond donors (Lipinski definition) is 5. The van der Waals surface area contributed by atoms with E-state index in [1.54, 1.807) is 63.4 Å². The minimum absolute atomic E-state index is 0. The molecule has 0 radical (unpaired) electrons. The van der Waals surface area contributed by atoms with Gasteiger partial charge in [0.1, 0.15) is 0 Å². The van der Waals surface area contributed by atoms with Crippen LogP contribution in [0.3, 0.4) is 0 Å². The molecule has 2 saturated carbocycles. The molecule has 15 heteroatoms. The summed E-state index contributed by atoms with van der Waals surface area (Å²) in [4.78, 5) is 38.9. The fourth-order valence-corrected chi connectivity index (χ4v) is 5.89. The average Bonchev–Trinajstić information content (AvgIpc) is 4.03. The van der Waals surface area contributed by atoms with E-state index in [1.165, 1.54) is 53.8 Å². The SMILES string of the molecule is CN(C)C(=O)c1ccc(N)c(Br)c1.CN(C)C(=O)c1ccc(N)c(C2CC2)c1.CN(C)Cc1ccc(N)c(C2CC2)c1.Nc1ccc(C(=O)O)cc1Br.[AlH3].[H-].[Li+]. The number of halogens is 2. The number of carboxylic acid groups (broad SMARTS) is 1. The second kappa shape index (κ2) is 22.9. The Balaban J connectivity index is 0.000000712. The number of amides is 2. The first-order valence-corrected chi connectivity index (χ1v) is 18.7. The van der Waals surface area contributed by atoms with Crippen LogP contribution in [0.4, 0.5) is 22.7 Å². The number of hydrogen-bond acceptors (Lipinski definition) is 8. The van der Waals surface area contributed by atoms with Crippen molar-refractivity contribution in [2.75, 3.05) is 65.2 Å². The second-order valence-corrected chi connectivity index (χ2v) is 15.5. The predicted molar refractivity (Wildman–Crippen MR) is 234 cm³/mol. The van der Waals surface area contributed by atoms with Gasteiger partial charge in [0.2, 0.25) is 0 Å². The van der Waals surface area contributed by atoms with Crippen LogP contribution in [0.15, 0.2) is 81.7 Å². The van der Waals surface area contributed by atoms with Crippen molar-refractivity contribution in [1.82, 2.24) is 14.7 Å². The van der Waals surface area contributed by atoms with Gasteiger partial charge in [-0.15, -0.1) is 0 Å². The molecule has 2 fully saturated rings. The summed E-state index contributed by atoms with van der Waals surface area (Å²) >= 11 is 6.39. The molecule has 6 rings (SSSR count). The summed E-state index contributed by atoms with van der Waals surface area (Å²) in [7, 11) is 11.1. The number of benzene rings is 4. The Bertz CT molecular complexity index is 1930. The van der Waals surface area contributed by atoms with Gasteiger partial charge in [0.15, 0.2) is 17.4 Å². The number of nitrogens with two attached hydrogens (primary N) is 4. The van der Waals surface area contributed by atoms with Crippen LogP contribution >= 0.6 is 31.9 Å². The number of nitrogen functional groups attached to an aromatic ring is 4. The Kier molecular flexibility index (Phi) is 20.7. The van der Waals surface area contributed by atoms with Gasteiger partial charge in [0.25, 0.3) is 11.8 Å². The number of carboxylic acids is 1. The summed E-state index contributed by atoms with van der Waals surface area (Å²) in [5.41, 5.74) is 31.3. The molecule has 2 aliphatic carbocycles. The zero-order valence-corrected chi connectivity index (χ0v) is 35.4. The summed E-state index contributed by atoms with van der Waals surface area (Å²) in [6, 6.07) is 21.6. The zero-order chi connectivity index (χ0) is 39.6. The van der Waals surface area contributed by atoms with Crippen molar-refractivity contribution in [2.24, 2.45) is 0 Å². The third-order valence-corrected chi connectivity index (χ3v) is 9.70. The van der Waals surface area contributed by atoms with Crippen molar-refractivity contribution in [1.29, 1.82) is 0 Å². The topological polar surface area (TPSA) is 185 Å². The van der Waals surface area contributed by atoms with Crippen LogP contribution in [-0.4, -0.2) is 97.2 Å². The molecule has 0 bridgehead atoms. The fourth-order valence-electron chi connectivity index (χ4n) is 5.13. The van der Waals surface area contributed by atoms with Crippen LogP contribution in [-0.2, 0) is 6.54 Å². The fraction of sp³-hybridized carbons (Fsp3) is 0.325. The molecule has 0 heterocycles. The molecule has 0 aliphatic heterocycles. The van der Waals surface area contributed by atoms with E-state index in [9.17, 15) is 14.4 Å². The standard InChI is InChI=1S/C12H16N2O.C12H18N2.C9H11BrN2O.C7H6BrNO2.Al.Li.4H/c1-14(2)12(15)9-5-6-11(13)10(7-9)8-3-4-8;1-14(2)8-9-3-6-12(13)11(7-9)10-4-5-10;1-12(2)9(13)6-3-4-8(11)7(10)5-6;8-5-3-4(7(10)11)1-2-6(5)9;;;;;;/h5-8H,3-4,13H2,1-2H3;3,6-7,10H,4-5,8,13H2,1-2H3;3-5H,11H2,1-2H3;1-3H,9H2,(H,10,11);;;;;;/q;;;;;+1;;;;-1. The van der Waals surface area contributed by atoms with E-state index < -0.39 is 5.97 Å². The van der Waals surface area contributed by atoms with E-state index in [2.05, 4.69) is 63.0 Å². The minimum Gasteiger partial charge on any atom is -1.00 e. The predicted octanol–water partition coefficient (Wildman–Crippen LogP) is 3.45. The van der Waals surface area contributed by atoms with E-state index in [0.717, 1.165) is 39.4 Å². The maximum atomic E-state index is 11.7. The molecule has 0 atom stereocenters. The Morgan fingerprint density at radius 1 is 0.618 bits per heavy atom. The van der Waals surface area contributed by atoms with Crippen molar-refractivity contribution < 1.29 is 39.8 Å². The molecule has 292 valence electrons. The molecule has 0 spiro atoms. The Hall–Kier alpha value is -3.46. The van der Waals surface area contributed by atoms with Crippen LogP contribution in [0.1, 0.15) is 86.7 Å². The first kappa shape index (κ1) is 49.6. The molecule has 0 unspecified atom stereocenters. The van der Waals surface area contributed by atoms with Crippen LogP contribution in [0, 0.1) is 0 Å². The van der Waals surface area contributed by atoms with E-state index in [1.807, 2.05) is 18.2 Å². The normalized spacial score (nSPS) is 12.5. The third kappa shape index (κ3) is 15.9. The maximum absolute atomic E-state index is 11.7. The molecular formula is C40H55AlBr2LiN7O4. The van der Waals surface area contributed by atoms with Gasteiger partial charge in [-0.25, -0.2) is 4.79 Å². The Morgan fingerprint density at radius 3 is 1.36 bits per heavy atom. The minimum atomic E-state index is -0.953. The largest absolute Gasteiger partial charge is 1.00 e. The van der Waals surface area contributed by atoms with Crippen LogP contribution in [0.2, 0.25) is 0 Å². The molecule has 2 amide bonds. The summed E-state index contributed by atoms with van der Waals surface area (Å²) in [5, 5.41) is 8.54. The van der Waals surface area contributed by atoms with E-state index >= 15 is 0 Å². The molecule has 4 aromatic carbocycles. The van der Waals surface area contributed by atoms with Gasteiger partial charge < -0.3 is 44.2 Å². The van der Waals surface area contributed by atoms with Gasteiger partial charge in [0, 0.05) is 77.6 Å². The average molecular weight is 892 g/mol. The third-order valence-electron chi connectivity index (χ3n) is 8.33. The van der Waals surface area contributed by atoms with Crippen LogP contribution < -0.4 is 41.8 Å². The molecule has 4 aromatic rings. The second-order valence-electron chi connectivity index (χ2n) is 13.8. The maximum Gasteiger partial charge on any atom is 1.00 e. The number of nitrogens with zero attached hydrogens (tertiary/aromatic N) is 3. The Labute approximate surface area is 366 Å². The van der Waals surface area contributed by atoms with Crippen molar-refractivity contribution in [3.63, 3.8) is 0 Å². The summed E-state index contributed by atoms with van der Waals surface area (Å²) in [6.45, 7) is 1.000.